The van der Waals surface area contributed by atoms with Gasteiger partial charge in [-0.2, -0.15) is 0 Å². The molecule has 1 heterocycles. The Morgan fingerprint density at radius 3 is 2.74 bits per heavy atom. The van der Waals surface area contributed by atoms with Crippen LogP contribution in [0.5, 0.6) is 0 Å². The molecule has 0 aromatic heterocycles. The number of nitrogens with zero attached hydrogens (tertiary/aromatic N) is 1. The highest BCUT2D eigenvalue weighted by Crippen LogP contribution is 2.47. The van der Waals surface area contributed by atoms with Crippen molar-refractivity contribution < 1.29 is 4.79 Å². The summed E-state index contributed by atoms with van der Waals surface area (Å²) in [4.78, 5) is 14.4. The molecule has 0 spiro atoms. The maximum Gasteiger partial charge on any atom is 0.222 e. The van der Waals surface area contributed by atoms with Crippen molar-refractivity contribution in [1.82, 2.24) is 10.2 Å². The molecule has 0 unspecified atom stereocenters. The van der Waals surface area contributed by atoms with E-state index in [1.54, 1.807) is 0 Å². The lowest BCUT2D eigenvalue weighted by atomic mass is 10.0. The fourth-order valence-corrected chi connectivity index (χ4v) is 3.99. The van der Waals surface area contributed by atoms with Gasteiger partial charge in [-0.3, -0.25) is 4.79 Å². The van der Waals surface area contributed by atoms with E-state index in [-0.39, 0.29) is 5.54 Å². The number of rotatable bonds is 5. The van der Waals surface area contributed by atoms with Gasteiger partial charge in [-0.15, -0.1) is 0 Å². The first-order valence-electron chi connectivity index (χ1n) is 8.96. The van der Waals surface area contributed by atoms with Gasteiger partial charge in [0.05, 0.1) is 0 Å². The van der Waals surface area contributed by atoms with Crippen LogP contribution < -0.4 is 5.32 Å². The maximum atomic E-state index is 12.3. The Balaban J connectivity index is 1.40. The summed E-state index contributed by atoms with van der Waals surface area (Å²) in [6.07, 6.45) is 7.68. The van der Waals surface area contributed by atoms with Crippen molar-refractivity contribution in [2.75, 3.05) is 13.1 Å². The Morgan fingerprint density at radius 2 is 2.04 bits per heavy atom. The smallest absolute Gasteiger partial charge is 0.222 e. The number of carbonyl (C=O) groups excluding carboxylic acids is 1. The number of hydrogen-bond acceptors (Lipinski definition) is 2. The predicted octanol–water partition coefficient (Wildman–Crippen LogP) is 3.71. The van der Waals surface area contributed by atoms with Gasteiger partial charge in [0.1, 0.15) is 0 Å². The van der Waals surface area contributed by atoms with E-state index in [4.69, 9.17) is 11.6 Å². The van der Waals surface area contributed by atoms with Gasteiger partial charge in [0.25, 0.3) is 0 Å². The molecule has 3 aliphatic rings. The number of nitrogens with one attached hydrogen (secondary N) is 1. The molecule has 1 atom stereocenters. The van der Waals surface area contributed by atoms with E-state index in [1.807, 2.05) is 12.1 Å². The van der Waals surface area contributed by atoms with E-state index in [0.29, 0.717) is 18.4 Å². The fourth-order valence-electron chi connectivity index (χ4n) is 3.80. The molecular formula is C19H25ClN2O. The third-order valence-electron chi connectivity index (χ3n) is 5.59. The van der Waals surface area contributed by atoms with Crippen molar-refractivity contribution in [3.8, 4) is 0 Å². The maximum absolute atomic E-state index is 12.3. The molecule has 2 aliphatic carbocycles. The first-order valence-corrected chi connectivity index (χ1v) is 9.34. The quantitative estimate of drug-likeness (QED) is 0.891. The summed E-state index contributed by atoms with van der Waals surface area (Å²) in [6.45, 7) is 1.91. The standard InChI is InChI=1S/C19H25ClN2O/c20-16-3-1-2-15(12-16)19(9-10-19)21-17-6-7-18(23)22(11-8-17)13-14-4-5-14/h1-3,12,14,17,21H,4-11,13H2/t17-/m1/s1. The van der Waals surface area contributed by atoms with E-state index >= 15 is 0 Å². The highest BCUT2D eigenvalue weighted by molar-refractivity contribution is 6.30. The van der Waals surface area contributed by atoms with Crippen molar-refractivity contribution in [3.05, 3.63) is 34.9 Å². The number of hydrogen-bond donors (Lipinski definition) is 1. The number of likely N-dealkylation sites (tertiary alicyclic amines) is 1. The minimum atomic E-state index is 0.101. The minimum absolute atomic E-state index is 0.101. The van der Waals surface area contributed by atoms with Crippen LogP contribution in [-0.4, -0.2) is 29.9 Å². The molecular weight excluding hydrogens is 308 g/mol. The van der Waals surface area contributed by atoms with Crippen LogP contribution in [0.1, 0.15) is 50.5 Å². The zero-order chi connectivity index (χ0) is 15.9. The lowest BCUT2D eigenvalue weighted by Gasteiger charge is -2.25. The second kappa shape index (κ2) is 6.10. The topological polar surface area (TPSA) is 32.3 Å². The highest BCUT2D eigenvalue weighted by atomic mass is 35.5. The van der Waals surface area contributed by atoms with Crippen LogP contribution in [0.15, 0.2) is 24.3 Å². The van der Waals surface area contributed by atoms with Gasteiger partial charge in [-0.25, -0.2) is 0 Å². The molecule has 3 nitrogen and oxygen atoms in total. The number of halogens is 1. The van der Waals surface area contributed by atoms with Crippen LogP contribution in [-0.2, 0) is 10.3 Å². The average molecular weight is 333 g/mol. The number of carbonyl (C=O) groups is 1. The fraction of sp³-hybridized carbons (Fsp3) is 0.632. The van der Waals surface area contributed by atoms with Crippen LogP contribution in [0.2, 0.25) is 5.02 Å². The van der Waals surface area contributed by atoms with Crippen LogP contribution in [0.3, 0.4) is 0 Å². The summed E-state index contributed by atoms with van der Waals surface area (Å²) in [5.41, 5.74) is 1.40. The molecule has 1 aliphatic heterocycles. The summed E-state index contributed by atoms with van der Waals surface area (Å²) in [6, 6.07) is 8.66. The van der Waals surface area contributed by atoms with Crippen molar-refractivity contribution in [3.63, 3.8) is 0 Å². The van der Waals surface area contributed by atoms with Crippen molar-refractivity contribution >= 4 is 17.5 Å². The van der Waals surface area contributed by atoms with Gasteiger partial charge >= 0.3 is 0 Å². The van der Waals surface area contributed by atoms with Crippen LogP contribution in [0, 0.1) is 5.92 Å². The lowest BCUT2D eigenvalue weighted by Crippen LogP contribution is -2.39. The number of amides is 1. The highest BCUT2D eigenvalue weighted by Gasteiger charge is 2.45. The Hall–Kier alpha value is -1.06. The Bertz CT molecular complexity index is 595. The molecule has 1 saturated heterocycles. The normalized spacial score (nSPS) is 26.9. The third-order valence-corrected chi connectivity index (χ3v) is 5.83. The van der Waals surface area contributed by atoms with E-state index in [0.717, 1.165) is 36.9 Å². The summed E-state index contributed by atoms with van der Waals surface area (Å²) in [5, 5.41) is 4.67. The SMILES string of the molecule is O=C1CC[C@@H](NC2(c3cccc(Cl)c3)CC2)CCN1CC1CC1. The van der Waals surface area contributed by atoms with Gasteiger partial charge in [-0.1, -0.05) is 23.7 Å². The Kier molecular flexibility index (Phi) is 4.10. The molecule has 0 radical (unpaired) electrons. The van der Waals surface area contributed by atoms with Gasteiger partial charge in [0.15, 0.2) is 0 Å². The van der Waals surface area contributed by atoms with E-state index in [2.05, 4.69) is 22.3 Å². The molecule has 3 fully saturated rings. The van der Waals surface area contributed by atoms with Gasteiger partial charge < -0.3 is 10.2 Å². The van der Waals surface area contributed by atoms with Crippen LogP contribution >= 0.6 is 11.6 Å². The van der Waals surface area contributed by atoms with Crippen LogP contribution in [0.4, 0.5) is 0 Å². The zero-order valence-corrected chi connectivity index (χ0v) is 14.3. The van der Waals surface area contributed by atoms with Crippen LogP contribution in [0.25, 0.3) is 0 Å². The Labute approximate surface area is 143 Å². The average Bonchev–Trinajstić information content (AvgIpc) is 3.43. The van der Waals surface area contributed by atoms with Crippen molar-refractivity contribution in [2.45, 2.75) is 56.5 Å². The first kappa shape index (κ1) is 15.5. The molecule has 4 rings (SSSR count). The lowest BCUT2D eigenvalue weighted by molar-refractivity contribution is -0.130. The summed E-state index contributed by atoms with van der Waals surface area (Å²) in [7, 11) is 0. The number of benzene rings is 1. The summed E-state index contributed by atoms with van der Waals surface area (Å²) in [5.74, 6) is 1.14. The summed E-state index contributed by atoms with van der Waals surface area (Å²) < 4.78 is 0. The molecule has 1 amide bonds. The minimum Gasteiger partial charge on any atom is -0.342 e. The second-order valence-corrected chi connectivity index (χ2v) is 7.98. The predicted molar refractivity (Wildman–Crippen MR) is 92.4 cm³/mol. The van der Waals surface area contributed by atoms with Gasteiger partial charge in [-0.05, 0) is 62.1 Å². The van der Waals surface area contributed by atoms with E-state index in [9.17, 15) is 4.79 Å². The zero-order valence-electron chi connectivity index (χ0n) is 13.6. The molecule has 4 heteroatoms. The van der Waals surface area contributed by atoms with E-state index < -0.39 is 0 Å². The monoisotopic (exact) mass is 332 g/mol. The third kappa shape index (κ3) is 3.56. The summed E-state index contributed by atoms with van der Waals surface area (Å²) >= 11 is 6.16. The van der Waals surface area contributed by atoms with Gasteiger partial charge in [0.2, 0.25) is 5.91 Å². The molecule has 1 aromatic rings. The van der Waals surface area contributed by atoms with E-state index in [1.165, 1.54) is 31.2 Å². The molecule has 1 aromatic carbocycles. The molecule has 23 heavy (non-hydrogen) atoms. The largest absolute Gasteiger partial charge is 0.342 e. The molecule has 124 valence electrons. The first-order chi connectivity index (χ1) is 11.1. The molecule has 1 N–H and O–H groups in total. The van der Waals surface area contributed by atoms with Crippen molar-refractivity contribution in [2.24, 2.45) is 5.92 Å². The molecule has 2 saturated carbocycles. The second-order valence-electron chi connectivity index (χ2n) is 7.54. The Morgan fingerprint density at radius 1 is 1.22 bits per heavy atom. The van der Waals surface area contributed by atoms with Crippen molar-refractivity contribution in [1.29, 1.82) is 0 Å². The van der Waals surface area contributed by atoms with Gasteiger partial charge in [0, 0.05) is 36.1 Å². The molecule has 0 bridgehead atoms.